The molecule has 2 rings (SSSR count). The Bertz CT molecular complexity index is 568. The summed E-state index contributed by atoms with van der Waals surface area (Å²) in [6.07, 6.45) is 2.29. The molecule has 24 heavy (non-hydrogen) atoms. The third kappa shape index (κ3) is 6.02. The number of rotatable bonds is 7. The van der Waals surface area contributed by atoms with Crippen molar-refractivity contribution in [1.82, 2.24) is 10.2 Å². The summed E-state index contributed by atoms with van der Waals surface area (Å²) in [5.74, 6) is 1.91. The summed E-state index contributed by atoms with van der Waals surface area (Å²) in [5, 5.41) is 3.76. The van der Waals surface area contributed by atoms with Crippen LogP contribution in [0.5, 0.6) is 0 Å². The van der Waals surface area contributed by atoms with E-state index in [0.29, 0.717) is 19.5 Å². The highest BCUT2D eigenvalue weighted by atomic mass is 35.5. The van der Waals surface area contributed by atoms with Gasteiger partial charge in [0, 0.05) is 42.6 Å². The molecule has 0 aliphatic carbocycles. The van der Waals surface area contributed by atoms with Gasteiger partial charge in [0.25, 0.3) is 0 Å². The van der Waals surface area contributed by atoms with Crippen molar-refractivity contribution in [3.05, 3.63) is 34.9 Å². The standard InChI is InChI=1S/C18H25ClN2O2S/c1-2-17(22)21-9-4-6-15(12-21)18(23)20-8-10-24-13-14-5-3-7-16(19)11-14/h3,5,7,11,15H,2,4,6,8-10,12-13H2,1H3,(H,20,23)/t15-/m0/s1. The number of benzene rings is 1. The van der Waals surface area contributed by atoms with Gasteiger partial charge in [-0.3, -0.25) is 9.59 Å². The van der Waals surface area contributed by atoms with E-state index in [9.17, 15) is 9.59 Å². The van der Waals surface area contributed by atoms with Crippen LogP contribution in [0.2, 0.25) is 5.02 Å². The molecule has 0 aromatic heterocycles. The Morgan fingerprint density at radius 1 is 1.42 bits per heavy atom. The molecule has 1 saturated heterocycles. The summed E-state index contributed by atoms with van der Waals surface area (Å²) in [6.45, 7) is 3.87. The van der Waals surface area contributed by atoms with Crippen molar-refractivity contribution in [2.45, 2.75) is 31.9 Å². The molecule has 1 atom stereocenters. The van der Waals surface area contributed by atoms with E-state index in [1.54, 1.807) is 11.8 Å². The van der Waals surface area contributed by atoms with Crippen molar-refractivity contribution in [2.75, 3.05) is 25.4 Å². The van der Waals surface area contributed by atoms with Crippen LogP contribution < -0.4 is 5.32 Å². The predicted molar refractivity (Wildman–Crippen MR) is 100 cm³/mol. The fourth-order valence-electron chi connectivity index (χ4n) is 2.85. The minimum absolute atomic E-state index is 0.0628. The Morgan fingerprint density at radius 2 is 2.25 bits per heavy atom. The summed E-state index contributed by atoms with van der Waals surface area (Å²) in [6, 6.07) is 7.84. The van der Waals surface area contributed by atoms with Crippen LogP contribution in [0.15, 0.2) is 24.3 Å². The normalized spacial score (nSPS) is 17.6. The van der Waals surface area contributed by atoms with Crippen molar-refractivity contribution >= 4 is 35.2 Å². The highest BCUT2D eigenvalue weighted by Gasteiger charge is 2.27. The van der Waals surface area contributed by atoms with Gasteiger partial charge in [-0.25, -0.2) is 0 Å². The number of thioether (sulfide) groups is 1. The molecule has 1 fully saturated rings. The molecule has 1 N–H and O–H groups in total. The lowest BCUT2D eigenvalue weighted by Gasteiger charge is -2.31. The zero-order valence-electron chi connectivity index (χ0n) is 14.1. The monoisotopic (exact) mass is 368 g/mol. The number of likely N-dealkylation sites (tertiary alicyclic amines) is 1. The maximum absolute atomic E-state index is 12.3. The van der Waals surface area contributed by atoms with Gasteiger partial charge in [-0.2, -0.15) is 11.8 Å². The second kappa shape index (κ2) is 9.94. The molecule has 1 heterocycles. The van der Waals surface area contributed by atoms with Crippen molar-refractivity contribution in [2.24, 2.45) is 5.92 Å². The van der Waals surface area contributed by atoms with Gasteiger partial charge in [0.15, 0.2) is 0 Å². The van der Waals surface area contributed by atoms with E-state index >= 15 is 0 Å². The van der Waals surface area contributed by atoms with Crippen molar-refractivity contribution in [1.29, 1.82) is 0 Å². The number of hydrogen-bond acceptors (Lipinski definition) is 3. The van der Waals surface area contributed by atoms with Gasteiger partial charge < -0.3 is 10.2 Å². The van der Waals surface area contributed by atoms with Crippen LogP contribution in [0.3, 0.4) is 0 Å². The molecule has 4 nitrogen and oxygen atoms in total. The minimum Gasteiger partial charge on any atom is -0.355 e. The van der Waals surface area contributed by atoms with E-state index in [1.807, 2.05) is 30.0 Å². The first-order chi connectivity index (χ1) is 11.6. The van der Waals surface area contributed by atoms with Gasteiger partial charge in [0.1, 0.15) is 0 Å². The minimum atomic E-state index is -0.0628. The van der Waals surface area contributed by atoms with Crippen LogP contribution >= 0.6 is 23.4 Å². The van der Waals surface area contributed by atoms with E-state index in [4.69, 9.17) is 11.6 Å². The van der Waals surface area contributed by atoms with Crippen molar-refractivity contribution in [3.63, 3.8) is 0 Å². The lowest BCUT2D eigenvalue weighted by Crippen LogP contribution is -2.45. The molecule has 132 valence electrons. The topological polar surface area (TPSA) is 49.4 Å². The molecule has 6 heteroatoms. The molecule has 1 aliphatic heterocycles. The molecule has 0 spiro atoms. The number of nitrogens with one attached hydrogen (secondary N) is 1. The lowest BCUT2D eigenvalue weighted by molar-refractivity contribution is -0.135. The van der Waals surface area contributed by atoms with E-state index in [-0.39, 0.29) is 17.7 Å². The van der Waals surface area contributed by atoms with E-state index in [1.165, 1.54) is 5.56 Å². The number of halogens is 1. The average molecular weight is 369 g/mol. The maximum atomic E-state index is 12.3. The fourth-order valence-corrected chi connectivity index (χ4v) is 3.87. The maximum Gasteiger partial charge on any atom is 0.224 e. The average Bonchev–Trinajstić information content (AvgIpc) is 2.60. The second-order valence-corrected chi connectivity index (χ2v) is 7.55. The summed E-state index contributed by atoms with van der Waals surface area (Å²) in [5.41, 5.74) is 1.19. The number of amides is 2. The van der Waals surface area contributed by atoms with Crippen LogP contribution in [-0.2, 0) is 15.3 Å². The van der Waals surface area contributed by atoms with Gasteiger partial charge in [-0.05, 0) is 30.5 Å². The molecule has 2 amide bonds. The number of carbonyl (C=O) groups excluding carboxylic acids is 2. The van der Waals surface area contributed by atoms with Gasteiger partial charge in [0.05, 0.1) is 5.92 Å². The molecule has 0 unspecified atom stereocenters. The molecular weight excluding hydrogens is 344 g/mol. The Labute approximate surface area is 153 Å². The molecule has 1 aromatic rings. The zero-order chi connectivity index (χ0) is 17.4. The van der Waals surface area contributed by atoms with E-state index in [2.05, 4.69) is 11.4 Å². The first-order valence-corrected chi connectivity index (χ1v) is 10.0. The Morgan fingerprint density at radius 3 is 3.00 bits per heavy atom. The van der Waals surface area contributed by atoms with Crippen LogP contribution in [-0.4, -0.2) is 42.1 Å². The third-order valence-electron chi connectivity index (χ3n) is 4.15. The van der Waals surface area contributed by atoms with Crippen LogP contribution in [0.4, 0.5) is 0 Å². The molecule has 1 aliphatic rings. The molecule has 0 bridgehead atoms. The summed E-state index contributed by atoms with van der Waals surface area (Å²) in [7, 11) is 0. The number of nitrogens with zero attached hydrogens (tertiary/aromatic N) is 1. The summed E-state index contributed by atoms with van der Waals surface area (Å²) >= 11 is 7.74. The third-order valence-corrected chi connectivity index (χ3v) is 5.42. The van der Waals surface area contributed by atoms with E-state index < -0.39 is 0 Å². The van der Waals surface area contributed by atoms with E-state index in [0.717, 1.165) is 35.9 Å². The van der Waals surface area contributed by atoms with Crippen molar-refractivity contribution < 1.29 is 9.59 Å². The van der Waals surface area contributed by atoms with Crippen LogP contribution in [0, 0.1) is 5.92 Å². The summed E-state index contributed by atoms with van der Waals surface area (Å²) in [4.78, 5) is 25.9. The molecular formula is C18H25ClN2O2S. The van der Waals surface area contributed by atoms with Gasteiger partial charge in [-0.15, -0.1) is 0 Å². The number of piperidine rings is 1. The van der Waals surface area contributed by atoms with Crippen LogP contribution in [0.25, 0.3) is 0 Å². The lowest BCUT2D eigenvalue weighted by atomic mass is 9.97. The second-order valence-electron chi connectivity index (χ2n) is 6.01. The van der Waals surface area contributed by atoms with Crippen molar-refractivity contribution in [3.8, 4) is 0 Å². The smallest absolute Gasteiger partial charge is 0.224 e. The molecule has 0 radical (unpaired) electrons. The van der Waals surface area contributed by atoms with Crippen LogP contribution in [0.1, 0.15) is 31.7 Å². The Balaban J connectivity index is 1.65. The molecule has 0 saturated carbocycles. The fraction of sp³-hybridized carbons (Fsp3) is 0.556. The van der Waals surface area contributed by atoms with Gasteiger partial charge in [0.2, 0.25) is 11.8 Å². The van der Waals surface area contributed by atoms with Gasteiger partial charge >= 0.3 is 0 Å². The largest absolute Gasteiger partial charge is 0.355 e. The highest BCUT2D eigenvalue weighted by Crippen LogP contribution is 2.18. The first kappa shape index (κ1) is 19.1. The SMILES string of the molecule is CCC(=O)N1CCC[C@H](C(=O)NCCSCc2cccc(Cl)c2)C1. The Kier molecular flexibility index (Phi) is 7.92. The quantitative estimate of drug-likeness (QED) is 0.751. The summed E-state index contributed by atoms with van der Waals surface area (Å²) < 4.78 is 0. The number of hydrogen-bond donors (Lipinski definition) is 1. The zero-order valence-corrected chi connectivity index (χ0v) is 15.7. The number of carbonyl (C=O) groups is 2. The Hall–Kier alpha value is -1.20. The molecule has 1 aromatic carbocycles. The predicted octanol–water partition coefficient (Wildman–Crippen LogP) is 3.34. The van der Waals surface area contributed by atoms with Gasteiger partial charge in [-0.1, -0.05) is 30.7 Å². The highest BCUT2D eigenvalue weighted by molar-refractivity contribution is 7.98. The first-order valence-electron chi connectivity index (χ1n) is 8.47.